The molecule has 1 aromatic rings. The lowest BCUT2D eigenvalue weighted by Crippen LogP contribution is -2.32. The molecule has 6 heteroatoms. The van der Waals surface area contributed by atoms with Crippen LogP contribution < -0.4 is 0 Å². The Kier molecular flexibility index (Phi) is 8.47. The average Bonchev–Trinajstić information content (AvgIpc) is 2.69. The minimum atomic E-state index is -4.47. The molecule has 1 unspecified atom stereocenters. The van der Waals surface area contributed by atoms with Gasteiger partial charge in [-0.3, -0.25) is 0 Å². The maximum Gasteiger partial charge on any atom is 0.414 e. The molecule has 0 spiro atoms. The fourth-order valence-electron chi connectivity index (χ4n) is 3.85. The van der Waals surface area contributed by atoms with E-state index in [1.165, 1.54) is 30.7 Å². The molecular weight excluding hydrogens is 375 g/mol. The Morgan fingerprint density at radius 1 is 1.07 bits per heavy atom. The zero-order valence-electron chi connectivity index (χ0n) is 16.5. The fraction of sp³-hybridized carbons (Fsp3) is 0.636. The number of halogens is 5. The fourth-order valence-corrected chi connectivity index (χ4v) is 3.85. The van der Waals surface area contributed by atoms with E-state index in [4.69, 9.17) is 0 Å². The molecule has 0 aromatic heterocycles. The monoisotopic (exact) mass is 404 g/mol. The van der Waals surface area contributed by atoms with Crippen molar-refractivity contribution in [1.82, 2.24) is 0 Å². The molecule has 0 radical (unpaired) electrons. The molecule has 0 N–H and O–H groups in total. The quantitative estimate of drug-likeness (QED) is 0.410. The average molecular weight is 404 g/mol. The molecule has 0 heterocycles. The topological polar surface area (TPSA) is 9.23 Å². The van der Waals surface area contributed by atoms with Gasteiger partial charge in [-0.1, -0.05) is 50.5 Å². The van der Waals surface area contributed by atoms with Gasteiger partial charge in [-0.25, -0.2) is 8.78 Å². The van der Waals surface area contributed by atoms with Crippen molar-refractivity contribution in [2.24, 2.45) is 11.8 Å². The van der Waals surface area contributed by atoms with Crippen LogP contribution in [-0.2, 0) is 11.2 Å². The van der Waals surface area contributed by atoms with Crippen LogP contribution in [0.15, 0.2) is 30.1 Å². The molecule has 1 nitrogen and oxygen atoms in total. The Balaban J connectivity index is 2.00. The van der Waals surface area contributed by atoms with E-state index in [1.54, 1.807) is 0 Å². The summed E-state index contributed by atoms with van der Waals surface area (Å²) < 4.78 is 72.0. The van der Waals surface area contributed by atoms with Gasteiger partial charge in [0.25, 0.3) is 0 Å². The van der Waals surface area contributed by atoms with Crippen molar-refractivity contribution >= 4 is 5.83 Å². The second-order valence-electron chi connectivity index (χ2n) is 7.69. The summed E-state index contributed by atoms with van der Waals surface area (Å²) in [5.74, 6) is -1.43. The summed E-state index contributed by atoms with van der Waals surface area (Å²) in [4.78, 5) is 0. The van der Waals surface area contributed by atoms with Gasteiger partial charge in [0.1, 0.15) is 5.83 Å². The lowest BCUT2D eigenvalue weighted by molar-refractivity contribution is -0.212. The predicted octanol–water partition coefficient (Wildman–Crippen LogP) is 7.41. The van der Waals surface area contributed by atoms with Gasteiger partial charge in [0.05, 0.1) is 0 Å². The van der Waals surface area contributed by atoms with Crippen LogP contribution in [0.5, 0.6) is 0 Å². The highest BCUT2D eigenvalue weighted by atomic mass is 19.4. The first kappa shape index (κ1) is 22.9. The molecule has 158 valence electrons. The van der Waals surface area contributed by atoms with E-state index in [1.807, 2.05) is 0 Å². The smallest absolute Gasteiger partial charge is 0.372 e. The van der Waals surface area contributed by atoms with E-state index < -0.39 is 29.9 Å². The van der Waals surface area contributed by atoms with Gasteiger partial charge in [0.2, 0.25) is 0 Å². The molecule has 28 heavy (non-hydrogen) atoms. The van der Waals surface area contributed by atoms with Gasteiger partial charge in [-0.15, -0.1) is 0 Å². The molecule has 1 aromatic carbocycles. The molecule has 1 aliphatic rings. The number of unbranched alkanes of at least 4 members (excludes halogenated alkanes) is 1. The molecule has 0 aliphatic heterocycles. The van der Waals surface area contributed by atoms with Crippen molar-refractivity contribution in [2.45, 2.75) is 70.6 Å². The van der Waals surface area contributed by atoms with E-state index in [0.717, 1.165) is 32.8 Å². The number of ether oxygens (including phenoxy) is 1. The van der Waals surface area contributed by atoms with Gasteiger partial charge in [0.15, 0.2) is 11.9 Å². The Labute approximate surface area is 164 Å². The highest BCUT2D eigenvalue weighted by molar-refractivity contribution is 5.61. The van der Waals surface area contributed by atoms with Gasteiger partial charge in [-0.2, -0.15) is 13.2 Å². The summed E-state index contributed by atoms with van der Waals surface area (Å²) in [6, 6.07) is 5.45. The zero-order chi connectivity index (χ0) is 20.7. The summed E-state index contributed by atoms with van der Waals surface area (Å²) in [5.41, 5.74) is 0.424. The van der Waals surface area contributed by atoms with Crippen LogP contribution in [0.4, 0.5) is 22.0 Å². The normalized spacial score (nSPS) is 22.7. The molecule has 1 saturated carbocycles. The number of alkyl halides is 3. The van der Waals surface area contributed by atoms with Crippen LogP contribution in [0.2, 0.25) is 0 Å². The van der Waals surface area contributed by atoms with Crippen molar-refractivity contribution in [3.8, 4) is 0 Å². The largest absolute Gasteiger partial charge is 0.414 e. The van der Waals surface area contributed by atoms with E-state index >= 15 is 0 Å². The van der Waals surface area contributed by atoms with Gasteiger partial charge in [0, 0.05) is 25.0 Å². The van der Waals surface area contributed by atoms with Crippen LogP contribution in [0, 0.1) is 11.8 Å². The van der Waals surface area contributed by atoms with E-state index in [9.17, 15) is 22.0 Å². The van der Waals surface area contributed by atoms with Crippen LogP contribution in [0.25, 0.3) is 5.83 Å². The van der Waals surface area contributed by atoms with Crippen LogP contribution in [-0.4, -0.2) is 19.4 Å². The van der Waals surface area contributed by atoms with Crippen molar-refractivity contribution in [3.63, 3.8) is 0 Å². The summed E-state index contributed by atoms with van der Waals surface area (Å²) in [6.07, 6.45) is -0.159. The number of rotatable bonds is 8. The molecule has 0 amide bonds. The standard InChI is InChI=1S/C22H29F5O/c1-3-4-5-15-6-10-17(11-7-15)20(23)21(24)18-12-8-16(9-13-18)14-19(28-2)22(25,26)27/h8-9,12-13,15,17,19H,3-7,10-11,14H2,1-2H3/b21-20-. The van der Waals surface area contributed by atoms with Crippen LogP contribution >= 0.6 is 0 Å². The van der Waals surface area contributed by atoms with Gasteiger partial charge < -0.3 is 4.74 Å². The summed E-state index contributed by atoms with van der Waals surface area (Å²) in [7, 11) is 1.00. The highest BCUT2D eigenvalue weighted by Crippen LogP contribution is 2.39. The Bertz CT molecular complexity index is 627. The number of hydrogen-bond acceptors (Lipinski definition) is 1. The van der Waals surface area contributed by atoms with E-state index in [0.29, 0.717) is 24.3 Å². The Morgan fingerprint density at radius 2 is 1.68 bits per heavy atom. The number of hydrogen-bond donors (Lipinski definition) is 0. The lowest BCUT2D eigenvalue weighted by atomic mass is 9.79. The molecule has 0 saturated heterocycles. The van der Waals surface area contributed by atoms with Crippen molar-refractivity contribution in [1.29, 1.82) is 0 Å². The van der Waals surface area contributed by atoms with Crippen molar-refractivity contribution in [3.05, 3.63) is 41.2 Å². The molecular formula is C22H29F5O. The van der Waals surface area contributed by atoms with E-state index in [2.05, 4.69) is 11.7 Å². The third kappa shape index (κ3) is 6.29. The molecule has 1 fully saturated rings. The van der Waals surface area contributed by atoms with Crippen molar-refractivity contribution in [2.75, 3.05) is 7.11 Å². The maximum absolute atomic E-state index is 14.6. The minimum absolute atomic E-state index is 0.0651. The first-order chi connectivity index (χ1) is 13.3. The predicted molar refractivity (Wildman–Crippen MR) is 101 cm³/mol. The first-order valence-electron chi connectivity index (χ1n) is 10.00. The minimum Gasteiger partial charge on any atom is -0.372 e. The zero-order valence-corrected chi connectivity index (χ0v) is 16.5. The second kappa shape index (κ2) is 10.4. The Morgan fingerprint density at radius 3 is 2.18 bits per heavy atom. The maximum atomic E-state index is 14.6. The summed E-state index contributed by atoms with van der Waals surface area (Å²) in [5, 5.41) is 0. The molecule has 0 bridgehead atoms. The third-order valence-electron chi connectivity index (χ3n) is 5.66. The SMILES string of the molecule is CCCCC1CCC(/C(F)=C(/F)c2ccc(CC(OC)C(F)(F)F)cc2)CC1. The number of methoxy groups -OCH3 is 1. The molecule has 1 aliphatic carbocycles. The summed E-state index contributed by atoms with van der Waals surface area (Å²) >= 11 is 0. The molecule has 2 rings (SSSR count). The lowest BCUT2D eigenvalue weighted by Gasteiger charge is -2.27. The highest BCUT2D eigenvalue weighted by Gasteiger charge is 2.39. The van der Waals surface area contributed by atoms with Crippen LogP contribution in [0.1, 0.15) is 63.0 Å². The second-order valence-corrected chi connectivity index (χ2v) is 7.69. The first-order valence-corrected chi connectivity index (χ1v) is 10.00. The number of benzene rings is 1. The van der Waals surface area contributed by atoms with Crippen molar-refractivity contribution < 1.29 is 26.7 Å². The van der Waals surface area contributed by atoms with Gasteiger partial charge in [-0.05, 0) is 37.2 Å². The van der Waals surface area contributed by atoms with E-state index in [-0.39, 0.29) is 12.0 Å². The molecule has 1 atom stereocenters. The Hall–Kier alpha value is -1.43. The van der Waals surface area contributed by atoms with Gasteiger partial charge >= 0.3 is 6.18 Å². The third-order valence-corrected chi connectivity index (χ3v) is 5.66. The number of allylic oxidation sites excluding steroid dienone is 1. The summed E-state index contributed by atoms with van der Waals surface area (Å²) in [6.45, 7) is 2.15. The van der Waals surface area contributed by atoms with Crippen LogP contribution in [0.3, 0.4) is 0 Å².